The normalized spacial score (nSPS) is 10.9. The van der Waals surface area contributed by atoms with Crippen molar-refractivity contribution in [3.05, 3.63) is 23.8 Å². The number of hydrogen-bond donors (Lipinski definition) is 2. The molecule has 0 aliphatic rings. The first kappa shape index (κ1) is 14.8. The van der Waals surface area contributed by atoms with Gasteiger partial charge in [-0.25, -0.2) is 0 Å². The van der Waals surface area contributed by atoms with Crippen molar-refractivity contribution >= 4 is 0 Å². The summed E-state index contributed by atoms with van der Waals surface area (Å²) in [5.74, 6) is 0.832. The summed E-state index contributed by atoms with van der Waals surface area (Å²) >= 11 is 0. The van der Waals surface area contributed by atoms with E-state index in [0.29, 0.717) is 12.4 Å². The third kappa shape index (κ3) is 4.55. The molecule has 0 aliphatic heterocycles. The number of nitrogens with zero attached hydrogens (tertiary/aromatic N) is 1. The predicted molar refractivity (Wildman–Crippen MR) is 74.2 cm³/mol. The van der Waals surface area contributed by atoms with E-state index in [4.69, 9.17) is 4.74 Å². The van der Waals surface area contributed by atoms with Gasteiger partial charge in [-0.1, -0.05) is 12.1 Å². The molecule has 0 bridgehead atoms. The van der Waals surface area contributed by atoms with Gasteiger partial charge in [0.05, 0.1) is 6.61 Å². The van der Waals surface area contributed by atoms with Gasteiger partial charge < -0.3 is 20.1 Å². The van der Waals surface area contributed by atoms with Gasteiger partial charge in [0, 0.05) is 12.1 Å². The molecule has 0 heterocycles. The summed E-state index contributed by atoms with van der Waals surface area (Å²) in [4.78, 5) is 2.20. The minimum absolute atomic E-state index is 0.264. The van der Waals surface area contributed by atoms with E-state index >= 15 is 0 Å². The van der Waals surface area contributed by atoms with Gasteiger partial charge in [-0.3, -0.25) is 0 Å². The van der Waals surface area contributed by atoms with Gasteiger partial charge in [0.1, 0.15) is 0 Å². The molecule has 1 rings (SSSR count). The average molecular weight is 252 g/mol. The number of benzene rings is 1. The van der Waals surface area contributed by atoms with Crippen LogP contribution in [0.3, 0.4) is 0 Å². The molecular weight excluding hydrogens is 228 g/mol. The number of nitrogens with one attached hydrogen (secondary N) is 1. The molecule has 0 saturated carbocycles. The van der Waals surface area contributed by atoms with Crippen LogP contribution in [0.15, 0.2) is 18.2 Å². The van der Waals surface area contributed by atoms with Crippen molar-refractivity contribution in [2.45, 2.75) is 19.9 Å². The Bertz CT molecular complexity index is 356. The smallest absolute Gasteiger partial charge is 0.162 e. The standard InChI is InChI=1S/C14H24N2O2/c1-4-18-13-8-5-7-12(14(13)17)11-16(3)10-6-9-15-2/h5,7-8,15,17H,4,6,9-11H2,1-3H3. The first-order chi connectivity index (χ1) is 8.69. The lowest BCUT2D eigenvalue weighted by Gasteiger charge is -2.18. The van der Waals surface area contributed by atoms with Crippen LogP contribution in [0.5, 0.6) is 11.5 Å². The summed E-state index contributed by atoms with van der Waals surface area (Å²) < 4.78 is 5.38. The zero-order valence-corrected chi connectivity index (χ0v) is 11.6. The topological polar surface area (TPSA) is 44.7 Å². The maximum absolute atomic E-state index is 10.1. The van der Waals surface area contributed by atoms with Crippen LogP contribution >= 0.6 is 0 Å². The fourth-order valence-electron chi connectivity index (χ4n) is 1.86. The molecule has 18 heavy (non-hydrogen) atoms. The van der Waals surface area contributed by atoms with E-state index in [1.165, 1.54) is 0 Å². The van der Waals surface area contributed by atoms with E-state index in [9.17, 15) is 5.11 Å². The SMILES string of the molecule is CCOc1cccc(CN(C)CCCNC)c1O. The highest BCUT2D eigenvalue weighted by molar-refractivity contribution is 5.45. The van der Waals surface area contributed by atoms with Crippen molar-refractivity contribution in [1.29, 1.82) is 0 Å². The Morgan fingerprint density at radius 3 is 2.83 bits per heavy atom. The second kappa shape index (κ2) is 7.95. The number of ether oxygens (including phenoxy) is 1. The zero-order chi connectivity index (χ0) is 13.4. The Kier molecular flexibility index (Phi) is 6.54. The number of rotatable bonds is 8. The summed E-state index contributed by atoms with van der Waals surface area (Å²) in [5, 5.41) is 13.2. The van der Waals surface area contributed by atoms with Gasteiger partial charge >= 0.3 is 0 Å². The van der Waals surface area contributed by atoms with Gasteiger partial charge in [-0.05, 0) is 46.6 Å². The molecular formula is C14H24N2O2. The molecule has 102 valence electrons. The molecule has 0 atom stereocenters. The van der Waals surface area contributed by atoms with Crippen LogP contribution in [-0.2, 0) is 6.54 Å². The van der Waals surface area contributed by atoms with Crippen molar-refractivity contribution in [2.24, 2.45) is 0 Å². The Morgan fingerprint density at radius 1 is 1.39 bits per heavy atom. The quantitative estimate of drug-likeness (QED) is 0.693. The molecule has 0 radical (unpaired) electrons. The van der Waals surface area contributed by atoms with Crippen LogP contribution in [0, 0.1) is 0 Å². The monoisotopic (exact) mass is 252 g/mol. The van der Waals surface area contributed by atoms with Gasteiger partial charge in [0.2, 0.25) is 0 Å². The van der Waals surface area contributed by atoms with E-state index in [-0.39, 0.29) is 5.75 Å². The lowest BCUT2D eigenvalue weighted by atomic mass is 10.1. The van der Waals surface area contributed by atoms with E-state index in [1.54, 1.807) is 6.07 Å². The predicted octanol–water partition coefficient (Wildman–Crippen LogP) is 1.83. The first-order valence-corrected chi connectivity index (χ1v) is 6.45. The summed E-state index contributed by atoms with van der Waals surface area (Å²) in [6.07, 6.45) is 1.10. The van der Waals surface area contributed by atoms with Gasteiger partial charge in [-0.15, -0.1) is 0 Å². The fraction of sp³-hybridized carbons (Fsp3) is 0.571. The van der Waals surface area contributed by atoms with E-state index < -0.39 is 0 Å². The second-order valence-electron chi connectivity index (χ2n) is 4.39. The molecule has 0 saturated heterocycles. The molecule has 0 amide bonds. The average Bonchev–Trinajstić information content (AvgIpc) is 2.35. The lowest BCUT2D eigenvalue weighted by molar-refractivity contribution is 0.299. The number of para-hydroxylation sites is 1. The van der Waals surface area contributed by atoms with Gasteiger partial charge in [-0.2, -0.15) is 0 Å². The summed E-state index contributed by atoms with van der Waals surface area (Å²) in [5.41, 5.74) is 0.910. The Labute approximate surface area is 110 Å². The van der Waals surface area contributed by atoms with Crippen LogP contribution in [0.4, 0.5) is 0 Å². The number of phenolic OH excluding ortho intramolecular Hbond substituents is 1. The molecule has 0 aromatic heterocycles. The van der Waals surface area contributed by atoms with Crippen LogP contribution in [0.1, 0.15) is 18.9 Å². The maximum Gasteiger partial charge on any atom is 0.162 e. The van der Waals surface area contributed by atoms with Crippen molar-refractivity contribution in [1.82, 2.24) is 10.2 Å². The maximum atomic E-state index is 10.1. The van der Waals surface area contributed by atoms with Crippen molar-refractivity contribution < 1.29 is 9.84 Å². The van der Waals surface area contributed by atoms with Crippen LogP contribution in [0.2, 0.25) is 0 Å². The van der Waals surface area contributed by atoms with Gasteiger partial charge in [0.25, 0.3) is 0 Å². The van der Waals surface area contributed by atoms with E-state index in [2.05, 4.69) is 17.3 Å². The zero-order valence-electron chi connectivity index (χ0n) is 11.6. The Balaban J connectivity index is 2.58. The molecule has 0 spiro atoms. The van der Waals surface area contributed by atoms with E-state index in [1.807, 2.05) is 26.1 Å². The number of phenols is 1. The van der Waals surface area contributed by atoms with Crippen molar-refractivity contribution in [3.63, 3.8) is 0 Å². The second-order valence-corrected chi connectivity index (χ2v) is 4.39. The van der Waals surface area contributed by atoms with Crippen LogP contribution in [0.25, 0.3) is 0 Å². The van der Waals surface area contributed by atoms with Gasteiger partial charge in [0.15, 0.2) is 11.5 Å². The molecule has 1 aromatic carbocycles. The minimum Gasteiger partial charge on any atom is -0.504 e. The third-order valence-electron chi connectivity index (χ3n) is 2.79. The van der Waals surface area contributed by atoms with E-state index in [0.717, 1.165) is 31.6 Å². The highest BCUT2D eigenvalue weighted by Gasteiger charge is 2.09. The van der Waals surface area contributed by atoms with Crippen molar-refractivity contribution in [2.75, 3.05) is 33.8 Å². The molecule has 0 aliphatic carbocycles. The first-order valence-electron chi connectivity index (χ1n) is 6.45. The summed E-state index contributed by atoms with van der Waals surface area (Å²) in [6, 6.07) is 5.65. The fourth-order valence-corrected chi connectivity index (χ4v) is 1.86. The minimum atomic E-state index is 0.264. The molecule has 2 N–H and O–H groups in total. The summed E-state index contributed by atoms with van der Waals surface area (Å²) in [6.45, 7) is 5.22. The Morgan fingerprint density at radius 2 is 2.17 bits per heavy atom. The molecule has 0 fully saturated rings. The largest absolute Gasteiger partial charge is 0.504 e. The molecule has 0 unspecified atom stereocenters. The molecule has 1 aromatic rings. The summed E-state index contributed by atoms with van der Waals surface area (Å²) in [7, 11) is 4.01. The third-order valence-corrected chi connectivity index (χ3v) is 2.79. The van der Waals surface area contributed by atoms with Crippen molar-refractivity contribution in [3.8, 4) is 11.5 Å². The highest BCUT2D eigenvalue weighted by Crippen LogP contribution is 2.30. The molecule has 4 heteroatoms. The van der Waals surface area contributed by atoms with Crippen LogP contribution < -0.4 is 10.1 Å². The van der Waals surface area contributed by atoms with Crippen LogP contribution in [-0.4, -0.2) is 43.8 Å². The number of aromatic hydroxyl groups is 1. The highest BCUT2D eigenvalue weighted by atomic mass is 16.5. The number of hydrogen-bond acceptors (Lipinski definition) is 4. The molecule has 4 nitrogen and oxygen atoms in total. The Hall–Kier alpha value is -1.26. The lowest BCUT2D eigenvalue weighted by Crippen LogP contribution is -2.22.